The van der Waals surface area contributed by atoms with Crippen LogP contribution in [0.3, 0.4) is 0 Å². The standard InChI is InChI=1S/C7H8N2O/c1-2-6-3-4-8-9-7(6)10-5-1/h3-4H,1-2,5H2. The first-order valence-corrected chi connectivity index (χ1v) is 3.40. The van der Waals surface area contributed by atoms with Gasteiger partial charge in [-0.25, -0.2) is 0 Å². The molecular formula is C7H8N2O. The molecule has 0 aromatic carbocycles. The van der Waals surface area contributed by atoms with Gasteiger partial charge in [0, 0.05) is 5.56 Å². The van der Waals surface area contributed by atoms with E-state index in [1.54, 1.807) is 6.20 Å². The lowest BCUT2D eigenvalue weighted by molar-refractivity contribution is 0.272. The Hall–Kier alpha value is -1.12. The van der Waals surface area contributed by atoms with E-state index in [-0.39, 0.29) is 0 Å². The summed E-state index contributed by atoms with van der Waals surface area (Å²) in [6.45, 7) is 0.783. The molecule has 0 saturated carbocycles. The van der Waals surface area contributed by atoms with E-state index in [1.165, 1.54) is 5.56 Å². The van der Waals surface area contributed by atoms with Gasteiger partial charge in [-0.05, 0) is 18.9 Å². The lowest BCUT2D eigenvalue weighted by Crippen LogP contribution is -2.09. The first kappa shape index (κ1) is 5.65. The molecule has 0 amide bonds. The molecular weight excluding hydrogens is 128 g/mol. The summed E-state index contributed by atoms with van der Waals surface area (Å²) in [5.41, 5.74) is 1.18. The molecule has 0 fully saturated rings. The summed E-state index contributed by atoms with van der Waals surface area (Å²) >= 11 is 0. The van der Waals surface area contributed by atoms with Crippen molar-refractivity contribution in [3.8, 4) is 5.88 Å². The molecule has 0 saturated heterocycles. The molecule has 0 bridgehead atoms. The van der Waals surface area contributed by atoms with Gasteiger partial charge < -0.3 is 4.74 Å². The summed E-state index contributed by atoms with van der Waals surface area (Å²) in [5.74, 6) is 0.716. The third-order valence-corrected chi connectivity index (χ3v) is 1.59. The Morgan fingerprint density at radius 3 is 3.40 bits per heavy atom. The Balaban J connectivity index is 2.41. The van der Waals surface area contributed by atoms with Crippen LogP contribution in [0.4, 0.5) is 0 Å². The van der Waals surface area contributed by atoms with Crippen LogP contribution >= 0.6 is 0 Å². The van der Waals surface area contributed by atoms with E-state index in [4.69, 9.17) is 4.74 Å². The molecule has 3 heteroatoms. The number of hydrogen-bond donors (Lipinski definition) is 0. The van der Waals surface area contributed by atoms with Crippen LogP contribution in [0.2, 0.25) is 0 Å². The zero-order valence-corrected chi connectivity index (χ0v) is 5.58. The average Bonchev–Trinajstić information content (AvgIpc) is 2.05. The largest absolute Gasteiger partial charge is 0.476 e. The van der Waals surface area contributed by atoms with E-state index in [0.717, 1.165) is 19.4 Å². The van der Waals surface area contributed by atoms with E-state index in [0.29, 0.717) is 5.88 Å². The van der Waals surface area contributed by atoms with E-state index >= 15 is 0 Å². The summed E-state index contributed by atoms with van der Waals surface area (Å²) in [6.07, 6.45) is 3.87. The maximum absolute atomic E-state index is 5.25. The van der Waals surface area contributed by atoms with Gasteiger partial charge in [0.25, 0.3) is 0 Å². The van der Waals surface area contributed by atoms with Crippen molar-refractivity contribution >= 4 is 0 Å². The monoisotopic (exact) mass is 136 g/mol. The molecule has 1 aliphatic heterocycles. The fraction of sp³-hybridized carbons (Fsp3) is 0.429. The fourth-order valence-corrected chi connectivity index (χ4v) is 1.09. The zero-order valence-electron chi connectivity index (χ0n) is 5.58. The molecule has 0 aliphatic carbocycles. The molecule has 0 N–H and O–H groups in total. The minimum atomic E-state index is 0.716. The summed E-state index contributed by atoms with van der Waals surface area (Å²) in [6, 6.07) is 1.96. The second-order valence-corrected chi connectivity index (χ2v) is 2.31. The van der Waals surface area contributed by atoms with Crippen LogP contribution in [0, 0.1) is 0 Å². The predicted molar refractivity (Wildman–Crippen MR) is 35.8 cm³/mol. The van der Waals surface area contributed by atoms with Gasteiger partial charge >= 0.3 is 0 Å². The molecule has 52 valence electrons. The average molecular weight is 136 g/mol. The summed E-state index contributed by atoms with van der Waals surface area (Å²) in [7, 11) is 0. The van der Waals surface area contributed by atoms with Crippen LogP contribution in [0.5, 0.6) is 5.88 Å². The second kappa shape index (κ2) is 2.25. The molecule has 2 rings (SSSR count). The number of ether oxygens (including phenoxy) is 1. The van der Waals surface area contributed by atoms with Crippen LogP contribution in [0.1, 0.15) is 12.0 Å². The maximum atomic E-state index is 5.25. The van der Waals surface area contributed by atoms with E-state index in [1.807, 2.05) is 6.07 Å². The van der Waals surface area contributed by atoms with Gasteiger partial charge in [-0.1, -0.05) is 0 Å². The van der Waals surface area contributed by atoms with Crippen LogP contribution in [0.25, 0.3) is 0 Å². The van der Waals surface area contributed by atoms with Crippen molar-refractivity contribution in [2.75, 3.05) is 6.61 Å². The molecule has 3 nitrogen and oxygen atoms in total. The minimum absolute atomic E-state index is 0.716. The first-order chi connectivity index (χ1) is 4.97. The van der Waals surface area contributed by atoms with Crippen LogP contribution in [-0.4, -0.2) is 16.8 Å². The number of aryl methyl sites for hydroxylation is 1. The zero-order chi connectivity index (χ0) is 6.81. The Morgan fingerprint density at radius 1 is 1.50 bits per heavy atom. The number of aromatic nitrogens is 2. The van der Waals surface area contributed by atoms with E-state index in [2.05, 4.69) is 10.2 Å². The van der Waals surface area contributed by atoms with Gasteiger partial charge in [0.1, 0.15) is 0 Å². The molecule has 0 spiro atoms. The van der Waals surface area contributed by atoms with Gasteiger partial charge in [0.05, 0.1) is 12.8 Å². The minimum Gasteiger partial charge on any atom is -0.476 e. The summed E-state index contributed by atoms with van der Waals surface area (Å²) in [4.78, 5) is 0. The van der Waals surface area contributed by atoms with Crippen LogP contribution in [0.15, 0.2) is 12.3 Å². The molecule has 10 heavy (non-hydrogen) atoms. The van der Waals surface area contributed by atoms with Crippen molar-refractivity contribution in [2.24, 2.45) is 0 Å². The summed E-state index contributed by atoms with van der Waals surface area (Å²) < 4.78 is 5.25. The SMILES string of the molecule is c1cc2c(nn1)OCCC2. The topological polar surface area (TPSA) is 35.0 Å². The quantitative estimate of drug-likeness (QED) is 0.529. The maximum Gasteiger partial charge on any atom is 0.236 e. The third-order valence-electron chi connectivity index (χ3n) is 1.59. The van der Waals surface area contributed by atoms with Gasteiger partial charge in [-0.15, -0.1) is 5.10 Å². The van der Waals surface area contributed by atoms with Crippen molar-refractivity contribution in [1.29, 1.82) is 0 Å². The lowest BCUT2D eigenvalue weighted by atomic mass is 10.1. The Bertz CT molecular complexity index is 212. The first-order valence-electron chi connectivity index (χ1n) is 3.40. The number of fused-ring (bicyclic) bond motifs is 1. The Morgan fingerprint density at radius 2 is 2.50 bits per heavy atom. The molecule has 1 aromatic rings. The van der Waals surface area contributed by atoms with Gasteiger partial charge in [-0.3, -0.25) is 0 Å². The van der Waals surface area contributed by atoms with E-state index in [9.17, 15) is 0 Å². The van der Waals surface area contributed by atoms with Gasteiger partial charge in [0.15, 0.2) is 0 Å². The van der Waals surface area contributed by atoms with Crippen molar-refractivity contribution in [3.63, 3.8) is 0 Å². The molecule has 2 heterocycles. The highest BCUT2D eigenvalue weighted by Gasteiger charge is 2.09. The van der Waals surface area contributed by atoms with Crippen molar-refractivity contribution in [3.05, 3.63) is 17.8 Å². The van der Waals surface area contributed by atoms with Gasteiger partial charge in [0.2, 0.25) is 5.88 Å². The van der Waals surface area contributed by atoms with Gasteiger partial charge in [-0.2, -0.15) is 5.10 Å². The fourth-order valence-electron chi connectivity index (χ4n) is 1.09. The third kappa shape index (κ3) is 0.835. The number of nitrogens with zero attached hydrogens (tertiary/aromatic N) is 2. The highest BCUT2D eigenvalue weighted by Crippen LogP contribution is 2.19. The van der Waals surface area contributed by atoms with Crippen molar-refractivity contribution in [2.45, 2.75) is 12.8 Å². The highest BCUT2D eigenvalue weighted by atomic mass is 16.5. The van der Waals surface area contributed by atoms with Crippen LogP contribution < -0.4 is 4.74 Å². The second-order valence-electron chi connectivity index (χ2n) is 2.31. The summed E-state index contributed by atoms with van der Waals surface area (Å²) in [5, 5.41) is 7.57. The molecule has 1 aromatic heterocycles. The van der Waals surface area contributed by atoms with E-state index < -0.39 is 0 Å². The van der Waals surface area contributed by atoms with Crippen molar-refractivity contribution in [1.82, 2.24) is 10.2 Å². The smallest absolute Gasteiger partial charge is 0.236 e. The molecule has 0 radical (unpaired) electrons. The number of hydrogen-bond acceptors (Lipinski definition) is 3. The predicted octanol–water partition coefficient (Wildman–Crippen LogP) is 0.802. The Kier molecular flexibility index (Phi) is 1.27. The number of rotatable bonds is 0. The van der Waals surface area contributed by atoms with Crippen LogP contribution in [-0.2, 0) is 6.42 Å². The molecule has 0 unspecified atom stereocenters. The molecule has 0 atom stereocenters. The van der Waals surface area contributed by atoms with Crippen molar-refractivity contribution < 1.29 is 4.74 Å². The Labute approximate surface area is 59.0 Å². The molecule has 1 aliphatic rings. The lowest BCUT2D eigenvalue weighted by Gasteiger charge is -2.13. The highest BCUT2D eigenvalue weighted by molar-refractivity contribution is 5.24. The normalized spacial score (nSPS) is 15.6.